The fraction of sp³-hybridized carbons (Fsp3) is 0.667. The molecule has 2 aliphatic heterocycles. The first-order valence-electron chi connectivity index (χ1n) is 10.4. The lowest BCUT2D eigenvalue weighted by Gasteiger charge is -2.36. The van der Waals surface area contributed by atoms with Crippen LogP contribution in [0.4, 0.5) is 4.39 Å². The molecule has 2 unspecified atom stereocenters. The number of carbonyl (C=O) groups is 1. The highest BCUT2D eigenvalue weighted by Gasteiger charge is 2.64. The molecule has 2 N–H and O–H groups in total. The van der Waals surface area contributed by atoms with Gasteiger partial charge in [0, 0.05) is 36.8 Å². The molecular weight excluding hydrogens is 345 g/mol. The van der Waals surface area contributed by atoms with Crippen molar-refractivity contribution in [3.8, 4) is 0 Å². The van der Waals surface area contributed by atoms with E-state index in [4.69, 9.17) is 5.21 Å². The van der Waals surface area contributed by atoms with Crippen molar-refractivity contribution >= 4 is 5.91 Å². The zero-order valence-electron chi connectivity index (χ0n) is 16.3. The number of fused-ring (bicyclic) bond motifs is 2. The van der Waals surface area contributed by atoms with E-state index >= 15 is 0 Å². The van der Waals surface area contributed by atoms with Gasteiger partial charge in [-0.1, -0.05) is 13.8 Å². The van der Waals surface area contributed by atoms with E-state index in [0.717, 1.165) is 36.2 Å². The first kappa shape index (κ1) is 18.8. The van der Waals surface area contributed by atoms with Crippen LogP contribution in [0, 0.1) is 11.7 Å². The Kier molecular flexibility index (Phi) is 4.99. The molecule has 4 aliphatic rings. The van der Waals surface area contributed by atoms with Gasteiger partial charge in [0.15, 0.2) is 0 Å². The SMILES string of the molecule is CC.O=C(NO)c1cc(F)c2c(c1)CN(CC13CC1CCN3C1CC1)CC2. The van der Waals surface area contributed by atoms with Gasteiger partial charge in [-0.15, -0.1) is 0 Å². The number of halogens is 1. The van der Waals surface area contributed by atoms with E-state index in [2.05, 4.69) is 9.80 Å². The van der Waals surface area contributed by atoms with E-state index in [1.54, 1.807) is 11.5 Å². The molecule has 2 aliphatic carbocycles. The maximum Gasteiger partial charge on any atom is 0.274 e. The Morgan fingerprint density at radius 2 is 2.07 bits per heavy atom. The number of likely N-dealkylation sites (tertiary alicyclic amines) is 1. The number of benzene rings is 1. The molecule has 27 heavy (non-hydrogen) atoms. The summed E-state index contributed by atoms with van der Waals surface area (Å²) in [6.45, 7) is 7.87. The van der Waals surface area contributed by atoms with Gasteiger partial charge in [-0.05, 0) is 67.8 Å². The van der Waals surface area contributed by atoms with Gasteiger partial charge in [-0.25, -0.2) is 9.87 Å². The summed E-state index contributed by atoms with van der Waals surface area (Å²) in [5.74, 6) is -0.146. The molecule has 148 valence electrons. The number of hydroxylamine groups is 1. The minimum Gasteiger partial charge on any atom is -0.297 e. The third kappa shape index (κ3) is 3.28. The van der Waals surface area contributed by atoms with Crippen LogP contribution in [0.25, 0.3) is 0 Å². The quantitative estimate of drug-likeness (QED) is 0.628. The smallest absolute Gasteiger partial charge is 0.274 e. The molecular formula is C21H30FN3O2. The highest BCUT2D eigenvalue weighted by atomic mass is 19.1. The molecule has 0 radical (unpaired) electrons. The van der Waals surface area contributed by atoms with E-state index in [1.807, 2.05) is 13.8 Å². The van der Waals surface area contributed by atoms with Crippen LogP contribution in [0.15, 0.2) is 12.1 Å². The van der Waals surface area contributed by atoms with Crippen molar-refractivity contribution in [3.63, 3.8) is 0 Å². The number of nitrogens with zero attached hydrogens (tertiary/aromatic N) is 2. The summed E-state index contributed by atoms with van der Waals surface area (Å²) in [6, 6.07) is 3.76. The normalized spacial score (nSPS) is 29.4. The Hall–Kier alpha value is -1.50. The maximum absolute atomic E-state index is 14.3. The number of piperidine rings is 1. The molecule has 2 heterocycles. The Labute approximate surface area is 160 Å². The summed E-state index contributed by atoms with van der Waals surface area (Å²) in [7, 11) is 0. The predicted molar refractivity (Wildman–Crippen MR) is 101 cm³/mol. The van der Waals surface area contributed by atoms with Crippen LogP contribution in [0.3, 0.4) is 0 Å². The van der Waals surface area contributed by atoms with Crippen molar-refractivity contribution in [3.05, 3.63) is 34.6 Å². The Morgan fingerprint density at radius 1 is 1.30 bits per heavy atom. The van der Waals surface area contributed by atoms with Crippen LogP contribution in [-0.4, -0.2) is 52.1 Å². The molecule has 3 fully saturated rings. The second-order valence-electron chi connectivity index (χ2n) is 8.22. The Bertz CT molecular complexity index is 736. The molecule has 5 rings (SSSR count). The molecule has 5 nitrogen and oxygen atoms in total. The molecule has 2 saturated carbocycles. The fourth-order valence-electron chi connectivity index (χ4n) is 5.25. The zero-order chi connectivity index (χ0) is 19.2. The van der Waals surface area contributed by atoms with E-state index in [1.165, 1.54) is 38.3 Å². The molecule has 1 aromatic rings. The largest absolute Gasteiger partial charge is 0.297 e. The topological polar surface area (TPSA) is 55.8 Å². The molecule has 2 atom stereocenters. The maximum atomic E-state index is 14.3. The third-order valence-electron chi connectivity index (χ3n) is 6.70. The summed E-state index contributed by atoms with van der Waals surface area (Å²) >= 11 is 0. The second kappa shape index (κ2) is 7.15. The van der Waals surface area contributed by atoms with Gasteiger partial charge in [0.2, 0.25) is 0 Å². The van der Waals surface area contributed by atoms with Crippen molar-refractivity contribution in [1.29, 1.82) is 0 Å². The molecule has 1 saturated heterocycles. The number of hydrogen-bond acceptors (Lipinski definition) is 4. The highest BCUT2D eigenvalue weighted by molar-refractivity contribution is 5.93. The lowest BCUT2D eigenvalue weighted by atomic mass is 9.95. The third-order valence-corrected chi connectivity index (χ3v) is 6.70. The highest BCUT2D eigenvalue weighted by Crippen LogP contribution is 2.59. The van der Waals surface area contributed by atoms with E-state index < -0.39 is 5.91 Å². The average molecular weight is 375 g/mol. The standard InChI is InChI=1S/C19H24FN3O2.C2H6/c20-17-8-12(18(24)21-25)7-13-10-22(5-4-16(13)17)11-19-9-14(19)3-6-23(19)15-1-2-15;1-2/h7-8,14-15,25H,1-6,9-11H2,(H,21,24);1-2H3. The Morgan fingerprint density at radius 3 is 2.74 bits per heavy atom. The van der Waals surface area contributed by atoms with Crippen LogP contribution in [-0.2, 0) is 13.0 Å². The first-order valence-corrected chi connectivity index (χ1v) is 10.4. The van der Waals surface area contributed by atoms with Gasteiger partial charge < -0.3 is 0 Å². The summed E-state index contributed by atoms with van der Waals surface area (Å²) in [6.07, 6.45) is 6.03. The summed E-state index contributed by atoms with van der Waals surface area (Å²) < 4.78 is 14.3. The van der Waals surface area contributed by atoms with Crippen LogP contribution in [0.1, 0.15) is 61.0 Å². The fourth-order valence-corrected chi connectivity index (χ4v) is 5.25. The molecule has 0 spiro atoms. The first-order chi connectivity index (χ1) is 13.1. The van der Waals surface area contributed by atoms with E-state index in [9.17, 15) is 9.18 Å². The lowest BCUT2D eigenvalue weighted by Crippen LogP contribution is -2.47. The summed E-state index contributed by atoms with van der Waals surface area (Å²) in [5, 5.41) is 8.81. The van der Waals surface area contributed by atoms with Crippen molar-refractivity contribution in [2.24, 2.45) is 5.92 Å². The van der Waals surface area contributed by atoms with Crippen LogP contribution in [0.5, 0.6) is 0 Å². The zero-order valence-corrected chi connectivity index (χ0v) is 16.3. The minimum absolute atomic E-state index is 0.184. The molecule has 1 amide bonds. The van der Waals surface area contributed by atoms with Crippen LogP contribution < -0.4 is 5.48 Å². The van der Waals surface area contributed by atoms with Gasteiger partial charge in [0.05, 0.1) is 0 Å². The van der Waals surface area contributed by atoms with Crippen molar-refractivity contribution in [2.75, 3.05) is 19.6 Å². The summed E-state index contributed by atoms with van der Waals surface area (Å²) in [4.78, 5) is 16.8. The minimum atomic E-state index is -0.657. The number of hydrogen-bond donors (Lipinski definition) is 2. The number of nitrogens with one attached hydrogen (secondary N) is 1. The van der Waals surface area contributed by atoms with Crippen molar-refractivity contribution in [2.45, 2.75) is 64.1 Å². The predicted octanol–water partition coefficient (Wildman–Crippen LogP) is 2.96. The van der Waals surface area contributed by atoms with Gasteiger partial charge in [-0.2, -0.15) is 0 Å². The number of rotatable bonds is 4. The lowest BCUT2D eigenvalue weighted by molar-refractivity contribution is 0.0705. The van der Waals surface area contributed by atoms with E-state index in [0.29, 0.717) is 18.5 Å². The van der Waals surface area contributed by atoms with Crippen molar-refractivity contribution < 1.29 is 14.4 Å². The van der Waals surface area contributed by atoms with Gasteiger partial charge in [0.1, 0.15) is 5.82 Å². The van der Waals surface area contributed by atoms with Gasteiger partial charge in [0.25, 0.3) is 5.91 Å². The molecule has 6 heteroatoms. The number of carbonyl (C=O) groups excluding carboxylic acids is 1. The van der Waals surface area contributed by atoms with Gasteiger partial charge in [-0.3, -0.25) is 19.8 Å². The van der Waals surface area contributed by atoms with Crippen LogP contribution >= 0.6 is 0 Å². The monoisotopic (exact) mass is 375 g/mol. The number of amides is 1. The molecule has 0 bridgehead atoms. The van der Waals surface area contributed by atoms with Crippen molar-refractivity contribution in [1.82, 2.24) is 15.3 Å². The van der Waals surface area contributed by atoms with E-state index in [-0.39, 0.29) is 11.4 Å². The Balaban J connectivity index is 0.000000872. The van der Waals surface area contributed by atoms with Gasteiger partial charge >= 0.3 is 0 Å². The molecule has 0 aromatic heterocycles. The van der Waals surface area contributed by atoms with Crippen LogP contribution in [0.2, 0.25) is 0 Å². The average Bonchev–Trinajstić information content (AvgIpc) is 3.61. The second-order valence-corrected chi connectivity index (χ2v) is 8.22. The molecule has 1 aromatic carbocycles. The summed E-state index contributed by atoms with van der Waals surface area (Å²) in [5.41, 5.74) is 3.76.